The van der Waals surface area contributed by atoms with E-state index in [9.17, 15) is 4.79 Å². The van der Waals surface area contributed by atoms with Gasteiger partial charge in [-0.3, -0.25) is 4.79 Å². The maximum atomic E-state index is 10.5. The minimum atomic E-state index is -0.150. The molecule has 46 valence electrons. The number of allylic oxidation sites excluding steroid dienone is 1. The maximum absolute atomic E-state index is 10.5. The summed E-state index contributed by atoms with van der Waals surface area (Å²) in [4.78, 5) is 10.3. The van der Waals surface area contributed by atoms with Crippen LogP contribution < -0.4 is 0 Å². The Morgan fingerprint density at radius 2 is 2.00 bits per heavy atom. The average Bonchev–Trinajstić information content (AvgIpc) is 1.64. The molecular formula is C6H9BrO. The zero-order valence-electron chi connectivity index (χ0n) is 5.07. The lowest BCUT2D eigenvalue weighted by Gasteiger charge is -2.01. The van der Waals surface area contributed by atoms with Gasteiger partial charge >= 0.3 is 0 Å². The third-order valence-electron chi connectivity index (χ3n) is 0.790. The SMILES string of the molecule is C=C(C)C(Br)C(C)=O. The first-order valence-corrected chi connectivity index (χ1v) is 3.27. The largest absolute Gasteiger partial charge is 0.298 e. The van der Waals surface area contributed by atoms with Gasteiger partial charge in [0.05, 0.1) is 4.83 Å². The molecule has 2 heteroatoms. The van der Waals surface area contributed by atoms with Gasteiger partial charge in [-0.1, -0.05) is 28.1 Å². The molecule has 8 heavy (non-hydrogen) atoms. The summed E-state index contributed by atoms with van der Waals surface area (Å²) in [5.41, 5.74) is 0.859. The highest BCUT2D eigenvalue weighted by Crippen LogP contribution is 2.09. The van der Waals surface area contributed by atoms with Gasteiger partial charge in [0.25, 0.3) is 0 Å². The molecule has 0 aromatic carbocycles. The summed E-state index contributed by atoms with van der Waals surface area (Å²) in [6, 6.07) is 0. The number of alkyl halides is 1. The fraction of sp³-hybridized carbons (Fsp3) is 0.500. The lowest BCUT2D eigenvalue weighted by molar-refractivity contribution is -0.115. The Bertz CT molecular complexity index is 104. The van der Waals surface area contributed by atoms with Crippen molar-refractivity contribution in [1.82, 2.24) is 0 Å². The molecular weight excluding hydrogens is 168 g/mol. The molecule has 1 atom stereocenters. The van der Waals surface area contributed by atoms with Gasteiger partial charge < -0.3 is 0 Å². The summed E-state index contributed by atoms with van der Waals surface area (Å²) in [5.74, 6) is 0.109. The van der Waals surface area contributed by atoms with E-state index in [1.165, 1.54) is 6.92 Å². The molecule has 0 aliphatic rings. The Morgan fingerprint density at radius 1 is 1.62 bits per heavy atom. The number of Topliss-reactive ketones (excluding diaryl/α,β-unsaturated/α-hetero) is 1. The zero-order valence-corrected chi connectivity index (χ0v) is 6.66. The van der Waals surface area contributed by atoms with Crippen molar-refractivity contribution in [2.45, 2.75) is 18.7 Å². The Hall–Kier alpha value is -0.110. The summed E-state index contributed by atoms with van der Waals surface area (Å²) >= 11 is 3.16. The van der Waals surface area contributed by atoms with Crippen LogP contribution >= 0.6 is 15.9 Å². The molecule has 0 N–H and O–H groups in total. The second-order valence-electron chi connectivity index (χ2n) is 1.82. The van der Waals surface area contributed by atoms with Crippen molar-refractivity contribution < 1.29 is 4.79 Å². The monoisotopic (exact) mass is 176 g/mol. The second-order valence-corrected chi connectivity index (χ2v) is 2.74. The number of carbonyl (C=O) groups is 1. The van der Waals surface area contributed by atoms with Gasteiger partial charge in [0.15, 0.2) is 0 Å². The second kappa shape index (κ2) is 3.02. The lowest BCUT2D eigenvalue weighted by atomic mass is 10.2. The molecule has 0 aliphatic carbocycles. The molecule has 0 heterocycles. The van der Waals surface area contributed by atoms with Crippen molar-refractivity contribution in [3.8, 4) is 0 Å². The van der Waals surface area contributed by atoms with E-state index >= 15 is 0 Å². The fourth-order valence-electron chi connectivity index (χ4n) is 0.347. The van der Waals surface area contributed by atoms with Crippen molar-refractivity contribution in [2.75, 3.05) is 0 Å². The van der Waals surface area contributed by atoms with Crippen LogP contribution in [0, 0.1) is 0 Å². The van der Waals surface area contributed by atoms with E-state index in [0.717, 1.165) is 5.57 Å². The van der Waals surface area contributed by atoms with E-state index in [0.29, 0.717) is 0 Å². The average molecular weight is 177 g/mol. The van der Waals surface area contributed by atoms with Crippen molar-refractivity contribution in [3.05, 3.63) is 12.2 Å². The van der Waals surface area contributed by atoms with Crippen LogP contribution in [0.15, 0.2) is 12.2 Å². The maximum Gasteiger partial charge on any atom is 0.147 e. The highest BCUT2D eigenvalue weighted by atomic mass is 79.9. The highest BCUT2D eigenvalue weighted by Gasteiger charge is 2.07. The molecule has 0 saturated carbocycles. The van der Waals surface area contributed by atoms with Crippen LogP contribution in [0.25, 0.3) is 0 Å². The number of carbonyl (C=O) groups excluding carboxylic acids is 1. The van der Waals surface area contributed by atoms with Crippen molar-refractivity contribution in [2.24, 2.45) is 0 Å². The third kappa shape index (κ3) is 2.26. The van der Waals surface area contributed by atoms with E-state index in [2.05, 4.69) is 22.5 Å². The van der Waals surface area contributed by atoms with Crippen LogP contribution in [0.1, 0.15) is 13.8 Å². The van der Waals surface area contributed by atoms with Gasteiger partial charge in [-0.15, -0.1) is 0 Å². The van der Waals surface area contributed by atoms with Gasteiger partial charge in [0.2, 0.25) is 0 Å². The summed E-state index contributed by atoms with van der Waals surface area (Å²) < 4.78 is 0. The molecule has 0 aromatic rings. The smallest absolute Gasteiger partial charge is 0.147 e. The van der Waals surface area contributed by atoms with Crippen LogP contribution in [-0.4, -0.2) is 10.6 Å². The normalized spacial score (nSPS) is 12.9. The first kappa shape index (κ1) is 7.89. The standard InChI is InChI=1S/C6H9BrO/c1-4(2)6(7)5(3)8/h6H,1H2,2-3H3. The topological polar surface area (TPSA) is 17.1 Å². The molecule has 0 saturated heterocycles. The molecule has 0 radical (unpaired) electrons. The van der Waals surface area contributed by atoms with Crippen LogP contribution in [0.2, 0.25) is 0 Å². The quantitative estimate of drug-likeness (QED) is 0.465. The molecule has 1 unspecified atom stereocenters. The van der Waals surface area contributed by atoms with Gasteiger partial charge in [0, 0.05) is 0 Å². The third-order valence-corrected chi connectivity index (χ3v) is 2.22. The minimum Gasteiger partial charge on any atom is -0.298 e. The van der Waals surface area contributed by atoms with Gasteiger partial charge in [0.1, 0.15) is 5.78 Å². The summed E-state index contributed by atoms with van der Waals surface area (Å²) in [7, 11) is 0. The molecule has 0 rings (SSSR count). The Kier molecular flexibility index (Phi) is 2.98. The Labute approximate surface area is 57.9 Å². The summed E-state index contributed by atoms with van der Waals surface area (Å²) in [5, 5.41) is 0. The van der Waals surface area contributed by atoms with Crippen LogP contribution in [0.5, 0.6) is 0 Å². The van der Waals surface area contributed by atoms with Gasteiger partial charge in [-0.25, -0.2) is 0 Å². The first-order chi connectivity index (χ1) is 3.55. The Balaban J connectivity index is 3.83. The van der Waals surface area contributed by atoms with Crippen molar-refractivity contribution in [3.63, 3.8) is 0 Å². The van der Waals surface area contributed by atoms with Gasteiger partial charge in [-0.05, 0) is 13.8 Å². The first-order valence-electron chi connectivity index (χ1n) is 2.35. The van der Waals surface area contributed by atoms with Crippen molar-refractivity contribution in [1.29, 1.82) is 0 Å². The number of hydrogen-bond acceptors (Lipinski definition) is 1. The highest BCUT2D eigenvalue weighted by molar-refractivity contribution is 9.10. The lowest BCUT2D eigenvalue weighted by Crippen LogP contribution is -2.09. The van der Waals surface area contributed by atoms with E-state index in [-0.39, 0.29) is 10.6 Å². The summed E-state index contributed by atoms with van der Waals surface area (Å²) in [6.45, 7) is 6.96. The molecule has 0 bridgehead atoms. The number of halogens is 1. The summed E-state index contributed by atoms with van der Waals surface area (Å²) in [6.07, 6.45) is 0. The fourth-order valence-corrected chi connectivity index (χ4v) is 0.347. The van der Waals surface area contributed by atoms with Crippen LogP contribution in [-0.2, 0) is 4.79 Å². The van der Waals surface area contributed by atoms with E-state index in [4.69, 9.17) is 0 Å². The number of rotatable bonds is 2. The molecule has 0 aromatic heterocycles. The van der Waals surface area contributed by atoms with E-state index in [1.54, 1.807) is 0 Å². The zero-order chi connectivity index (χ0) is 6.73. The van der Waals surface area contributed by atoms with Crippen LogP contribution in [0.4, 0.5) is 0 Å². The molecule has 0 amide bonds. The molecule has 0 aliphatic heterocycles. The predicted octanol–water partition coefficient (Wildman–Crippen LogP) is 1.92. The molecule has 0 fully saturated rings. The van der Waals surface area contributed by atoms with E-state index < -0.39 is 0 Å². The molecule has 0 spiro atoms. The van der Waals surface area contributed by atoms with E-state index in [1.807, 2.05) is 6.92 Å². The predicted molar refractivity (Wildman–Crippen MR) is 38.2 cm³/mol. The van der Waals surface area contributed by atoms with Crippen molar-refractivity contribution >= 4 is 21.7 Å². The van der Waals surface area contributed by atoms with Crippen LogP contribution in [0.3, 0.4) is 0 Å². The minimum absolute atomic E-state index is 0.109. The Morgan fingerprint density at radius 3 is 2.00 bits per heavy atom. The van der Waals surface area contributed by atoms with Gasteiger partial charge in [-0.2, -0.15) is 0 Å². The molecule has 1 nitrogen and oxygen atoms in total. The number of ketones is 1. The number of hydrogen-bond donors (Lipinski definition) is 0.